The second kappa shape index (κ2) is 8.33. The third-order valence-corrected chi connectivity index (χ3v) is 5.31. The molecular formula is C21H17NO3S2. The van der Waals surface area contributed by atoms with Crippen molar-refractivity contribution in [2.45, 2.75) is 13.0 Å². The van der Waals surface area contributed by atoms with Gasteiger partial charge in [0.15, 0.2) is 6.04 Å². The van der Waals surface area contributed by atoms with Crippen LogP contribution in [0.5, 0.6) is 0 Å². The van der Waals surface area contributed by atoms with Gasteiger partial charge in [-0.25, -0.2) is 4.79 Å². The summed E-state index contributed by atoms with van der Waals surface area (Å²) < 4.78 is 0.245. The number of carboxylic acid groups (broad SMARTS) is 1. The predicted molar refractivity (Wildman–Crippen MR) is 112 cm³/mol. The lowest BCUT2D eigenvalue weighted by atomic mass is 10.1. The molecule has 1 heterocycles. The van der Waals surface area contributed by atoms with Crippen molar-refractivity contribution < 1.29 is 14.7 Å². The maximum atomic E-state index is 12.9. The molecule has 1 saturated heterocycles. The molecule has 0 aliphatic carbocycles. The molecule has 1 amide bonds. The van der Waals surface area contributed by atoms with Crippen molar-refractivity contribution in [3.63, 3.8) is 0 Å². The van der Waals surface area contributed by atoms with E-state index in [1.165, 1.54) is 4.90 Å². The van der Waals surface area contributed by atoms with Gasteiger partial charge in [-0.15, -0.1) is 0 Å². The maximum absolute atomic E-state index is 12.9. The summed E-state index contributed by atoms with van der Waals surface area (Å²) in [6, 6.07) is 17.3. The van der Waals surface area contributed by atoms with Gasteiger partial charge in [0.05, 0.1) is 4.91 Å². The zero-order valence-corrected chi connectivity index (χ0v) is 16.2. The summed E-state index contributed by atoms with van der Waals surface area (Å²) in [5, 5.41) is 9.69. The number of thiocarbonyl (C=S) groups is 1. The van der Waals surface area contributed by atoms with Crippen LogP contribution in [0.4, 0.5) is 0 Å². The fourth-order valence-electron chi connectivity index (χ4n) is 2.80. The van der Waals surface area contributed by atoms with E-state index < -0.39 is 12.0 Å². The predicted octanol–water partition coefficient (Wildman–Crippen LogP) is 4.66. The first-order valence-electron chi connectivity index (χ1n) is 8.25. The number of hydrogen-bond donors (Lipinski definition) is 1. The Hall–Kier alpha value is -2.70. The molecule has 0 radical (unpaired) electrons. The summed E-state index contributed by atoms with van der Waals surface area (Å²) >= 11 is 6.44. The maximum Gasteiger partial charge on any atom is 0.331 e. The van der Waals surface area contributed by atoms with Crippen LogP contribution in [0.15, 0.2) is 77.2 Å². The van der Waals surface area contributed by atoms with Crippen LogP contribution in [-0.2, 0) is 9.59 Å². The van der Waals surface area contributed by atoms with Crippen molar-refractivity contribution >= 4 is 46.3 Å². The number of carboxylic acids is 1. The molecule has 6 heteroatoms. The zero-order valence-electron chi connectivity index (χ0n) is 14.5. The van der Waals surface area contributed by atoms with E-state index in [1.54, 1.807) is 36.4 Å². The molecule has 27 heavy (non-hydrogen) atoms. The molecule has 0 bridgehead atoms. The summed E-state index contributed by atoms with van der Waals surface area (Å²) in [5.41, 5.74) is 2.42. The Bertz CT molecular complexity index is 936. The Morgan fingerprint density at radius 3 is 2.30 bits per heavy atom. The smallest absolute Gasteiger partial charge is 0.331 e. The number of aliphatic carboxylic acids is 1. The second-order valence-electron chi connectivity index (χ2n) is 6.00. The topological polar surface area (TPSA) is 57.6 Å². The minimum atomic E-state index is -1.14. The number of carbonyl (C=O) groups excluding carboxylic acids is 1. The van der Waals surface area contributed by atoms with Crippen LogP contribution in [-0.4, -0.2) is 26.2 Å². The van der Waals surface area contributed by atoms with E-state index in [0.29, 0.717) is 10.5 Å². The lowest BCUT2D eigenvalue weighted by Crippen LogP contribution is -2.37. The molecule has 4 nitrogen and oxygen atoms in total. The van der Waals surface area contributed by atoms with Gasteiger partial charge in [-0.3, -0.25) is 9.69 Å². The van der Waals surface area contributed by atoms with E-state index in [1.807, 2.05) is 43.3 Å². The van der Waals surface area contributed by atoms with Crippen molar-refractivity contribution in [2.24, 2.45) is 0 Å². The summed E-state index contributed by atoms with van der Waals surface area (Å²) in [4.78, 5) is 26.3. The van der Waals surface area contributed by atoms with Crippen molar-refractivity contribution in [3.05, 3.63) is 88.3 Å². The van der Waals surface area contributed by atoms with E-state index in [0.717, 1.165) is 22.9 Å². The van der Waals surface area contributed by atoms with Gasteiger partial charge in [-0.1, -0.05) is 90.7 Å². The van der Waals surface area contributed by atoms with Gasteiger partial charge < -0.3 is 5.11 Å². The highest BCUT2D eigenvalue weighted by Gasteiger charge is 2.41. The van der Waals surface area contributed by atoms with Crippen molar-refractivity contribution in [2.75, 3.05) is 0 Å². The highest BCUT2D eigenvalue weighted by atomic mass is 32.2. The first-order chi connectivity index (χ1) is 13.0. The minimum Gasteiger partial charge on any atom is -0.479 e. The monoisotopic (exact) mass is 395 g/mol. The van der Waals surface area contributed by atoms with Crippen molar-refractivity contribution in [1.82, 2.24) is 4.90 Å². The molecule has 1 aliphatic heterocycles. The zero-order chi connectivity index (χ0) is 19.4. The van der Waals surface area contributed by atoms with Crippen LogP contribution >= 0.6 is 24.0 Å². The van der Waals surface area contributed by atoms with Crippen LogP contribution in [0, 0.1) is 0 Å². The SMILES string of the molecule is CC(/C=C1\SC(=S)N([C@H](C(=O)O)c2ccccc2)C1=O)=C\c1ccccc1. The van der Waals surface area contributed by atoms with Gasteiger partial charge in [0, 0.05) is 0 Å². The molecule has 0 unspecified atom stereocenters. The van der Waals surface area contributed by atoms with Crippen LogP contribution in [0.3, 0.4) is 0 Å². The summed E-state index contributed by atoms with van der Waals surface area (Å²) in [6.07, 6.45) is 3.70. The van der Waals surface area contributed by atoms with E-state index in [4.69, 9.17) is 12.2 Å². The Balaban J connectivity index is 1.90. The number of rotatable bonds is 5. The first kappa shape index (κ1) is 19.1. The number of amides is 1. The third kappa shape index (κ3) is 4.35. The number of nitrogens with zero attached hydrogens (tertiary/aromatic N) is 1. The largest absolute Gasteiger partial charge is 0.479 e. The minimum absolute atomic E-state index is 0.245. The fourth-order valence-corrected chi connectivity index (χ4v) is 4.16. The second-order valence-corrected chi connectivity index (χ2v) is 7.68. The standard InChI is InChI=1S/C21H17NO3S2/c1-14(12-15-8-4-2-5-9-15)13-17-19(23)22(21(26)27-17)18(20(24)25)16-10-6-3-7-11-16/h2-13,18H,1H3,(H,24,25)/b14-12+,17-13-/t18-/m0/s1. The molecule has 1 N–H and O–H groups in total. The van der Waals surface area contributed by atoms with Gasteiger partial charge in [0.1, 0.15) is 4.32 Å². The van der Waals surface area contributed by atoms with Crippen LogP contribution < -0.4 is 0 Å². The van der Waals surface area contributed by atoms with Gasteiger partial charge >= 0.3 is 5.97 Å². The Morgan fingerprint density at radius 1 is 1.11 bits per heavy atom. The lowest BCUT2D eigenvalue weighted by molar-refractivity contribution is -0.145. The van der Waals surface area contributed by atoms with Gasteiger partial charge in [-0.2, -0.15) is 0 Å². The normalized spacial score (nSPS) is 17.4. The first-order valence-corrected chi connectivity index (χ1v) is 9.48. The number of allylic oxidation sites excluding steroid dienone is 2. The molecule has 136 valence electrons. The van der Waals surface area contributed by atoms with Crippen LogP contribution in [0.2, 0.25) is 0 Å². The molecule has 1 atom stereocenters. The average Bonchev–Trinajstić information content (AvgIpc) is 2.91. The van der Waals surface area contributed by atoms with Crippen LogP contribution in [0.25, 0.3) is 6.08 Å². The molecule has 1 aliphatic rings. The fraction of sp³-hybridized carbons (Fsp3) is 0.0952. The van der Waals surface area contributed by atoms with E-state index in [-0.39, 0.29) is 10.2 Å². The summed E-state index contributed by atoms with van der Waals surface area (Å²) in [6.45, 7) is 1.89. The molecule has 2 aromatic carbocycles. The van der Waals surface area contributed by atoms with E-state index in [9.17, 15) is 14.7 Å². The van der Waals surface area contributed by atoms with Gasteiger partial charge in [-0.05, 0) is 29.7 Å². The summed E-state index contributed by atoms with van der Waals surface area (Å²) in [5.74, 6) is -1.50. The average molecular weight is 396 g/mol. The van der Waals surface area contributed by atoms with Crippen molar-refractivity contribution in [1.29, 1.82) is 0 Å². The number of hydrogen-bond acceptors (Lipinski definition) is 4. The molecule has 2 aromatic rings. The summed E-state index contributed by atoms with van der Waals surface area (Å²) in [7, 11) is 0. The van der Waals surface area contributed by atoms with E-state index in [2.05, 4.69) is 0 Å². The van der Waals surface area contributed by atoms with Crippen LogP contribution in [0.1, 0.15) is 24.1 Å². The van der Waals surface area contributed by atoms with Gasteiger partial charge in [0.25, 0.3) is 5.91 Å². The lowest BCUT2D eigenvalue weighted by Gasteiger charge is -2.23. The third-order valence-electron chi connectivity index (χ3n) is 3.98. The molecule has 0 saturated carbocycles. The quantitative estimate of drug-likeness (QED) is 0.589. The molecule has 3 rings (SSSR count). The molecule has 0 aromatic heterocycles. The Labute approximate surface area is 167 Å². The van der Waals surface area contributed by atoms with Crippen molar-refractivity contribution in [3.8, 4) is 0 Å². The Kier molecular flexibility index (Phi) is 5.88. The highest BCUT2D eigenvalue weighted by molar-refractivity contribution is 8.26. The highest BCUT2D eigenvalue weighted by Crippen LogP contribution is 2.38. The van der Waals surface area contributed by atoms with Gasteiger partial charge in [0.2, 0.25) is 0 Å². The number of carbonyl (C=O) groups is 2. The number of thioether (sulfide) groups is 1. The molecule has 1 fully saturated rings. The number of benzene rings is 2. The Morgan fingerprint density at radius 2 is 1.70 bits per heavy atom. The van der Waals surface area contributed by atoms with E-state index >= 15 is 0 Å². The molecular weight excluding hydrogens is 378 g/mol. The molecule has 0 spiro atoms.